The molecule has 2 N–H and O–H groups in total. The minimum absolute atomic E-state index is 0.106. The second kappa shape index (κ2) is 8.46. The number of rotatable bonds is 5. The van der Waals surface area contributed by atoms with E-state index in [4.69, 9.17) is 4.42 Å². The van der Waals surface area contributed by atoms with Gasteiger partial charge in [0.15, 0.2) is 0 Å². The molecule has 0 atom stereocenters. The van der Waals surface area contributed by atoms with Crippen LogP contribution in [0.3, 0.4) is 0 Å². The number of furan rings is 1. The van der Waals surface area contributed by atoms with Crippen LogP contribution in [0, 0.1) is 19.7 Å². The number of benzene rings is 2. The molecule has 0 aliphatic rings. The second-order valence-electron chi connectivity index (χ2n) is 7.18. The van der Waals surface area contributed by atoms with Gasteiger partial charge in [-0.25, -0.2) is 9.07 Å². The monoisotopic (exact) mass is 434 g/mol. The molecule has 2 aromatic carbocycles. The molecule has 0 spiro atoms. The van der Waals surface area contributed by atoms with Crippen LogP contribution < -0.4 is 16.2 Å². The highest BCUT2D eigenvalue weighted by Gasteiger charge is 2.15. The molecule has 9 heteroatoms. The van der Waals surface area contributed by atoms with Gasteiger partial charge < -0.3 is 15.1 Å². The van der Waals surface area contributed by atoms with Crippen LogP contribution in [0.1, 0.15) is 21.8 Å². The number of aryl methyl sites for hydroxylation is 2. The fourth-order valence-corrected chi connectivity index (χ4v) is 3.36. The first-order valence-electron chi connectivity index (χ1n) is 9.75. The standard InChI is InChI=1S/C23H19FN4O4/c1-13-16-5-3-4-6-18(16)23(31)28(27-13)12-21(29)25-15-7-8-19(24)20(11-15)26-22(30)17-9-10-32-14(17)2/h3-11H,12H2,1-2H3,(H,25,29)(H,26,30). The summed E-state index contributed by atoms with van der Waals surface area (Å²) in [5.74, 6) is -1.33. The molecule has 0 unspecified atom stereocenters. The van der Waals surface area contributed by atoms with Gasteiger partial charge in [-0.15, -0.1) is 0 Å². The van der Waals surface area contributed by atoms with Gasteiger partial charge in [-0.1, -0.05) is 18.2 Å². The van der Waals surface area contributed by atoms with E-state index in [1.54, 1.807) is 32.0 Å². The van der Waals surface area contributed by atoms with E-state index in [9.17, 15) is 18.8 Å². The summed E-state index contributed by atoms with van der Waals surface area (Å²) in [6, 6.07) is 12.3. The minimum atomic E-state index is -0.666. The van der Waals surface area contributed by atoms with Crippen molar-refractivity contribution in [1.82, 2.24) is 9.78 Å². The number of halogens is 1. The van der Waals surface area contributed by atoms with Gasteiger partial charge in [-0.2, -0.15) is 5.10 Å². The summed E-state index contributed by atoms with van der Waals surface area (Å²) < 4.78 is 20.4. The number of anilines is 2. The summed E-state index contributed by atoms with van der Waals surface area (Å²) in [6.45, 7) is 3.05. The summed E-state index contributed by atoms with van der Waals surface area (Å²) in [4.78, 5) is 37.5. The number of hydrogen-bond acceptors (Lipinski definition) is 5. The van der Waals surface area contributed by atoms with E-state index >= 15 is 0 Å². The lowest BCUT2D eigenvalue weighted by Gasteiger charge is -2.11. The molecule has 4 aromatic rings. The van der Waals surface area contributed by atoms with Crippen LogP contribution in [0.2, 0.25) is 0 Å². The van der Waals surface area contributed by atoms with E-state index < -0.39 is 17.6 Å². The topological polar surface area (TPSA) is 106 Å². The Kier molecular flexibility index (Phi) is 5.55. The van der Waals surface area contributed by atoms with Gasteiger partial charge in [-0.05, 0) is 44.2 Å². The predicted octanol–water partition coefficient (Wildman–Crippen LogP) is 3.64. The van der Waals surface area contributed by atoms with Crippen molar-refractivity contribution in [3.8, 4) is 0 Å². The van der Waals surface area contributed by atoms with Gasteiger partial charge >= 0.3 is 0 Å². The Morgan fingerprint density at radius 2 is 1.81 bits per heavy atom. The number of aromatic nitrogens is 2. The van der Waals surface area contributed by atoms with E-state index in [1.165, 1.54) is 24.5 Å². The van der Waals surface area contributed by atoms with Crippen LogP contribution >= 0.6 is 0 Å². The molecule has 0 radical (unpaired) electrons. The normalized spacial score (nSPS) is 10.8. The van der Waals surface area contributed by atoms with Gasteiger partial charge in [0.2, 0.25) is 5.91 Å². The third-order valence-corrected chi connectivity index (χ3v) is 4.95. The summed E-state index contributed by atoms with van der Waals surface area (Å²) in [6.07, 6.45) is 1.36. The zero-order valence-corrected chi connectivity index (χ0v) is 17.3. The average Bonchev–Trinajstić information content (AvgIpc) is 3.20. The van der Waals surface area contributed by atoms with Crippen LogP contribution in [0.4, 0.5) is 15.8 Å². The highest BCUT2D eigenvalue weighted by Crippen LogP contribution is 2.21. The zero-order chi connectivity index (χ0) is 22.8. The lowest BCUT2D eigenvalue weighted by molar-refractivity contribution is -0.117. The Morgan fingerprint density at radius 1 is 1.06 bits per heavy atom. The Balaban J connectivity index is 1.52. The van der Waals surface area contributed by atoms with Gasteiger partial charge in [0.05, 0.1) is 28.6 Å². The minimum Gasteiger partial charge on any atom is -0.469 e. The summed E-state index contributed by atoms with van der Waals surface area (Å²) in [5.41, 5.74) is 0.653. The lowest BCUT2D eigenvalue weighted by Crippen LogP contribution is -2.30. The van der Waals surface area contributed by atoms with Crippen molar-refractivity contribution in [3.05, 3.63) is 88.0 Å². The van der Waals surface area contributed by atoms with Crippen molar-refractivity contribution in [3.63, 3.8) is 0 Å². The first-order chi connectivity index (χ1) is 15.3. The molecular formula is C23H19FN4O4. The van der Waals surface area contributed by atoms with Crippen molar-refractivity contribution < 1.29 is 18.4 Å². The number of hydrogen-bond donors (Lipinski definition) is 2. The van der Waals surface area contributed by atoms with Crippen molar-refractivity contribution in [1.29, 1.82) is 0 Å². The first-order valence-corrected chi connectivity index (χ1v) is 9.75. The van der Waals surface area contributed by atoms with Crippen LogP contribution in [-0.2, 0) is 11.3 Å². The van der Waals surface area contributed by atoms with E-state index in [1.807, 2.05) is 6.07 Å². The third-order valence-electron chi connectivity index (χ3n) is 4.95. The van der Waals surface area contributed by atoms with Crippen molar-refractivity contribution in [2.45, 2.75) is 20.4 Å². The molecule has 162 valence electrons. The Bertz CT molecular complexity index is 1410. The molecule has 0 saturated carbocycles. The first kappa shape index (κ1) is 21.0. The Hall–Kier alpha value is -4.27. The number of nitrogens with one attached hydrogen (secondary N) is 2. The maximum absolute atomic E-state index is 14.2. The van der Waals surface area contributed by atoms with Gasteiger partial charge in [-0.3, -0.25) is 14.4 Å². The van der Waals surface area contributed by atoms with Crippen LogP contribution in [0.5, 0.6) is 0 Å². The Labute approximate surface area is 181 Å². The molecule has 0 aliphatic carbocycles. The number of carbonyl (C=O) groups excluding carboxylic acids is 2. The predicted molar refractivity (Wildman–Crippen MR) is 117 cm³/mol. The van der Waals surface area contributed by atoms with Gasteiger partial charge in [0, 0.05) is 11.1 Å². The second-order valence-corrected chi connectivity index (χ2v) is 7.18. The zero-order valence-electron chi connectivity index (χ0n) is 17.3. The molecule has 0 saturated heterocycles. The van der Waals surface area contributed by atoms with Crippen molar-refractivity contribution in [2.75, 3.05) is 10.6 Å². The maximum atomic E-state index is 14.2. The van der Waals surface area contributed by atoms with Crippen LogP contribution in [0.25, 0.3) is 10.8 Å². The smallest absolute Gasteiger partial charge is 0.275 e. The third kappa shape index (κ3) is 4.13. The van der Waals surface area contributed by atoms with Crippen molar-refractivity contribution >= 4 is 34.0 Å². The van der Waals surface area contributed by atoms with Gasteiger partial charge in [0.1, 0.15) is 18.1 Å². The maximum Gasteiger partial charge on any atom is 0.275 e. The fraction of sp³-hybridized carbons (Fsp3) is 0.130. The number of nitrogens with zero attached hydrogens (tertiary/aromatic N) is 2. The van der Waals surface area contributed by atoms with E-state index in [-0.39, 0.29) is 29.0 Å². The fourth-order valence-electron chi connectivity index (χ4n) is 3.36. The molecule has 2 aromatic heterocycles. The molecule has 4 rings (SSSR count). The largest absolute Gasteiger partial charge is 0.469 e. The van der Waals surface area contributed by atoms with Crippen molar-refractivity contribution in [2.24, 2.45) is 0 Å². The summed E-state index contributed by atoms with van der Waals surface area (Å²) in [5, 5.41) is 10.5. The number of amides is 2. The van der Waals surface area contributed by atoms with E-state index in [0.29, 0.717) is 16.8 Å². The summed E-state index contributed by atoms with van der Waals surface area (Å²) in [7, 11) is 0. The molecule has 2 heterocycles. The van der Waals surface area contributed by atoms with Gasteiger partial charge in [0.25, 0.3) is 11.5 Å². The Morgan fingerprint density at radius 3 is 2.53 bits per heavy atom. The SMILES string of the molecule is Cc1occc1C(=O)Nc1cc(NC(=O)Cn2nc(C)c3ccccc3c2=O)ccc1F. The molecule has 0 fully saturated rings. The van der Waals surface area contributed by atoms with Crippen LogP contribution in [0.15, 0.2) is 64.0 Å². The molecule has 8 nitrogen and oxygen atoms in total. The molecular weight excluding hydrogens is 415 g/mol. The highest BCUT2D eigenvalue weighted by atomic mass is 19.1. The lowest BCUT2D eigenvalue weighted by atomic mass is 10.1. The summed E-state index contributed by atoms with van der Waals surface area (Å²) >= 11 is 0. The average molecular weight is 434 g/mol. The molecule has 0 aliphatic heterocycles. The van der Waals surface area contributed by atoms with Crippen LogP contribution in [-0.4, -0.2) is 21.6 Å². The highest BCUT2D eigenvalue weighted by molar-refractivity contribution is 6.05. The number of carbonyl (C=O) groups is 2. The number of fused-ring (bicyclic) bond motifs is 1. The quantitative estimate of drug-likeness (QED) is 0.499. The molecule has 0 bridgehead atoms. The molecule has 2 amide bonds. The molecule has 32 heavy (non-hydrogen) atoms. The van der Waals surface area contributed by atoms with E-state index in [0.717, 1.165) is 16.1 Å². The van der Waals surface area contributed by atoms with E-state index in [2.05, 4.69) is 15.7 Å².